The third kappa shape index (κ3) is 6.08. The van der Waals surface area contributed by atoms with Crippen molar-refractivity contribution in [1.82, 2.24) is 5.32 Å². The lowest BCUT2D eigenvalue weighted by Crippen LogP contribution is -2.44. The summed E-state index contributed by atoms with van der Waals surface area (Å²) in [5.41, 5.74) is 4.82. The standard InChI is InChI=1S/C27H28ClN3O3.ClH/c1-31-21(16-29-26(32)14-18-9-12-24(33-2)25(13-18)34-3)17-30-27(19-7-5-4-6-8-19)22-15-20(28)10-11-23(22)31;/h4-13,15,21H,14,16-17H2,1-3H3,(H,29,32);1H. The van der Waals surface area contributed by atoms with Gasteiger partial charge in [-0.2, -0.15) is 0 Å². The average Bonchev–Trinajstić information content (AvgIpc) is 2.99. The van der Waals surface area contributed by atoms with E-state index in [1.807, 2.05) is 61.6 Å². The van der Waals surface area contributed by atoms with Gasteiger partial charge < -0.3 is 19.7 Å². The number of carbonyl (C=O) groups excluding carboxylic acids is 1. The van der Waals surface area contributed by atoms with Gasteiger partial charge in [-0.25, -0.2) is 0 Å². The van der Waals surface area contributed by atoms with Crippen LogP contribution in [0, 0.1) is 0 Å². The Balaban J connectivity index is 0.00000342. The van der Waals surface area contributed by atoms with E-state index in [0.29, 0.717) is 29.6 Å². The monoisotopic (exact) mass is 513 g/mol. The van der Waals surface area contributed by atoms with Gasteiger partial charge in [-0.15, -0.1) is 12.4 Å². The molecule has 184 valence electrons. The number of aliphatic imine (C=N–C) groups is 1. The largest absolute Gasteiger partial charge is 0.493 e. The van der Waals surface area contributed by atoms with Crippen molar-refractivity contribution in [1.29, 1.82) is 0 Å². The Morgan fingerprint density at radius 2 is 1.80 bits per heavy atom. The van der Waals surface area contributed by atoms with Crippen LogP contribution in [0.15, 0.2) is 71.7 Å². The summed E-state index contributed by atoms with van der Waals surface area (Å²) in [6, 6.07) is 21.5. The summed E-state index contributed by atoms with van der Waals surface area (Å²) in [6.45, 7) is 1.01. The highest BCUT2D eigenvalue weighted by molar-refractivity contribution is 6.31. The predicted octanol–water partition coefficient (Wildman–Crippen LogP) is 4.79. The molecule has 8 heteroatoms. The van der Waals surface area contributed by atoms with E-state index in [9.17, 15) is 4.79 Å². The first-order valence-corrected chi connectivity index (χ1v) is 11.5. The number of benzene rings is 3. The number of nitrogens with one attached hydrogen (secondary N) is 1. The van der Waals surface area contributed by atoms with E-state index in [2.05, 4.69) is 22.3 Å². The van der Waals surface area contributed by atoms with Crippen LogP contribution < -0.4 is 19.7 Å². The SMILES string of the molecule is COc1ccc(CC(=O)NCC2CN=C(c3ccccc3)c3cc(Cl)ccc3N2C)cc1OC.Cl. The van der Waals surface area contributed by atoms with Gasteiger partial charge in [-0.1, -0.05) is 48.0 Å². The minimum atomic E-state index is -0.0616. The number of ether oxygens (including phenoxy) is 2. The number of benzodiazepines with no additional fused rings is 1. The molecule has 1 aliphatic rings. The van der Waals surface area contributed by atoms with Crippen molar-refractivity contribution in [2.24, 2.45) is 4.99 Å². The summed E-state index contributed by atoms with van der Waals surface area (Å²) in [4.78, 5) is 19.8. The van der Waals surface area contributed by atoms with Gasteiger partial charge in [0.1, 0.15) is 0 Å². The number of halogens is 2. The minimum absolute atomic E-state index is 0. The molecule has 0 aromatic heterocycles. The van der Waals surface area contributed by atoms with E-state index in [4.69, 9.17) is 26.1 Å². The van der Waals surface area contributed by atoms with Gasteiger partial charge in [0.15, 0.2) is 11.5 Å². The quantitative estimate of drug-likeness (QED) is 0.493. The zero-order chi connectivity index (χ0) is 24.1. The van der Waals surface area contributed by atoms with Gasteiger partial charge in [-0.05, 0) is 35.9 Å². The molecule has 0 bridgehead atoms. The van der Waals surface area contributed by atoms with Crippen molar-refractivity contribution in [3.05, 3.63) is 88.4 Å². The first-order chi connectivity index (χ1) is 16.5. The lowest BCUT2D eigenvalue weighted by atomic mass is 10.0. The number of amides is 1. The van der Waals surface area contributed by atoms with Crippen molar-refractivity contribution in [2.45, 2.75) is 12.5 Å². The molecule has 0 radical (unpaired) electrons. The fraction of sp³-hybridized carbons (Fsp3) is 0.259. The number of fused-ring (bicyclic) bond motifs is 1. The Morgan fingerprint density at radius 3 is 2.51 bits per heavy atom. The van der Waals surface area contributed by atoms with Gasteiger partial charge in [0.2, 0.25) is 5.91 Å². The smallest absolute Gasteiger partial charge is 0.224 e. The molecule has 1 amide bonds. The van der Waals surface area contributed by atoms with Gasteiger partial charge in [0.05, 0.1) is 38.9 Å². The molecule has 0 aliphatic carbocycles. The van der Waals surface area contributed by atoms with Crippen LogP contribution >= 0.6 is 24.0 Å². The molecule has 35 heavy (non-hydrogen) atoms. The molecule has 0 saturated heterocycles. The molecule has 1 atom stereocenters. The number of hydrogen-bond donors (Lipinski definition) is 1. The molecule has 0 saturated carbocycles. The molecule has 1 unspecified atom stereocenters. The van der Waals surface area contributed by atoms with Crippen molar-refractivity contribution >= 4 is 41.3 Å². The second-order valence-corrected chi connectivity index (χ2v) is 8.59. The molecule has 1 heterocycles. The Labute approximate surface area is 217 Å². The van der Waals surface area contributed by atoms with E-state index >= 15 is 0 Å². The van der Waals surface area contributed by atoms with E-state index in [1.54, 1.807) is 14.2 Å². The van der Waals surface area contributed by atoms with Crippen LogP contribution in [-0.4, -0.2) is 52.0 Å². The van der Waals surface area contributed by atoms with Crippen molar-refractivity contribution in [2.75, 3.05) is 39.3 Å². The molecule has 1 N–H and O–H groups in total. The highest BCUT2D eigenvalue weighted by Crippen LogP contribution is 2.30. The topological polar surface area (TPSA) is 63.2 Å². The molecular weight excluding hydrogens is 485 g/mol. The summed E-state index contributed by atoms with van der Waals surface area (Å²) < 4.78 is 10.6. The zero-order valence-electron chi connectivity index (χ0n) is 20.0. The molecule has 0 spiro atoms. The van der Waals surface area contributed by atoms with Crippen LogP contribution in [0.1, 0.15) is 16.7 Å². The van der Waals surface area contributed by atoms with E-state index in [0.717, 1.165) is 28.1 Å². The summed E-state index contributed by atoms with van der Waals surface area (Å²) in [5.74, 6) is 1.18. The molecule has 3 aromatic carbocycles. The maximum atomic E-state index is 12.7. The number of hydrogen-bond acceptors (Lipinski definition) is 5. The normalized spacial score (nSPS) is 14.7. The van der Waals surface area contributed by atoms with Crippen LogP contribution in [0.25, 0.3) is 0 Å². The Morgan fingerprint density at radius 1 is 1.06 bits per heavy atom. The van der Waals surface area contributed by atoms with Crippen molar-refractivity contribution in [3.63, 3.8) is 0 Å². The van der Waals surface area contributed by atoms with Gasteiger partial charge >= 0.3 is 0 Å². The Kier molecular flexibility index (Phi) is 9.01. The van der Waals surface area contributed by atoms with Crippen LogP contribution in [0.3, 0.4) is 0 Å². The van der Waals surface area contributed by atoms with Crippen LogP contribution in [0.5, 0.6) is 11.5 Å². The summed E-state index contributed by atoms with van der Waals surface area (Å²) in [5, 5.41) is 3.74. The van der Waals surface area contributed by atoms with Gasteiger partial charge in [-0.3, -0.25) is 9.79 Å². The molecular formula is C27H29Cl2N3O3. The number of methoxy groups -OCH3 is 2. The molecule has 1 aliphatic heterocycles. The van der Waals surface area contributed by atoms with Crippen molar-refractivity contribution in [3.8, 4) is 11.5 Å². The molecule has 4 rings (SSSR count). The lowest BCUT2D eigenvalue weighted by Gasteiger charge is -2.29. The Hall–Kier alpha value is -3.22. The van der Waals surface area contributed by atoms with Crippen LogP contribution in [-0.2, 0) is 11.2 Å². The van der Waals surface area contributed by atoms with Gasteiger partial charge in [0.25, 0.3) is 0 Å². The highest BCUT2D eigenvalue weighted by atomic mass is 35.5. The number of carbonyl (C=O) groups is 1. The first-order valence-electron chi connectivity index (χ1n) is 11.1. The minimum Gasteiger partial charge on any atom is -0.493 e. The number of likely N-dealkylation sites (N-methyl/N-ethyl adjacent to an activating group) is 1. The maximum Gasteiger partial charge on any atom is 0.224 e. The van der Waals surface area contributed by atoms with Crippen LogP contribution in [0.2, 0.25) is 5.02 Å². The third-order valence-corrected chi connectivity index (χ3v) is 6.23. The lowest BCUT2D eigenvalue weighted by molar-refractivity contribution is -0.120. The molecule has 6 nitrogen and oxygen atoms in total. The predicted molar refractivity (Wildman–Crippen MR) is 144 cm³/mol. The Bertz CT molecular complexity index is 1200. The van der Waals surface area contributed by atoms with Crippen LogP contribution in [0.4, 0.5) is 5.69 Å². The molecule has 0 fully saturated rings. The highest BCUT2D eigenvalue weighted by Gasteiger charge is 2.25. The van der Waals surface area contributed by atoms with E-state index in [-0.39, 0.29) is 30.8 Å². The fourth-order valence-electron chi connectivity index (χ4n) is 4.12. The number of rotatable bonds is 7. The molecule has 3 aromatic rings. The third-order valence-electron chi connectivity index (χ3n) is 6.00. The fourth-order valence-corrected chi connectivity index (χ4v) is 4.29. The van der Waals surface area contributed by atoms with E-state index in [1.165, 1.54) is 0 Å². The zero-order valence-corrected chi connectivity index (χ0v) is 21.5. The van der Waals surface area contributed by atoms with E-state index < -0.39 is 0 Å². The average molecular weight is 514 g/mol. The number of nitrogens with zero attached hydrogens (tertiary/aromatic N) is 2. The van der Waals surface area contributed by atoms with Gasteiger partial charge in [0, 0.05) is 35.4 Å². The summed E-state index contributed by atoms with van der Waals surface area (Å²) in [6.07, 6.45) is 0.252. The second kappa shape index (κ2) is 12.0. The summed E-state index contributed by atoms with van der Waals surface area (Å²) in [7, 11) is 5.20. The number of anilines is 1. The second-order valence-electron chi connectivity index (χ2n) is 8.15. The maximum absolute atomic E-state index is 12.7. The van der Waals surface area contributed by atoms with Crippen molar-refractivity contribution < 1.29 is 14.3 Å². The first kappa shape index (κ1) is 26.4. The summed E-state index contributed by atoms with van der Waals surface area (Å²) >= 11 is 6.34.